The van der Waals surface area contributed by atoms with E-state index < -0.39 is 17.5 Å². The maximum absolute atomic E-state index is 12.9. The van der Waals surface area contributed by atoms with E-state index in [0.717, 1.165) is 4.57 Å². The quantitative estimate of drug-likeness (QED) is 0.434. The molecule has 0 bridgehead atoms. The highest BCUT2D eigenvalue weighted by Gasteiger charge is 2.23. The summed E-state index contributed by atoms with van der Waals surface area (Å²) in [5.74, 6) is 0.448. The molecule has 0 atom stereocenters. The van der Waals surface area contributed by atoms with Gasteiger partial charge in [0.15, 0.2) is 17.5 Å². The van der Waals surface area contributed by atoms with Crippen LogP contribution >= 0.6 is 23.2 Å². The molecule has 0 unspecified atom stereocenters. The Morgan fingerprint density at radius 3 is 2.43 bits per heavy atom. The SMILES string of the molecule is COC(Cn1c(-c2ccc(Cl)cc2Cl)cn2c3c(=O)n(C)c(=O)n(C)c3nc12)OC. The molecule has 0 radical (unpaired) electrons. The highest BCUT2D eigenvalue weighted by Crippen LogP contribution is 2.33. The zero-order chi connectivity index (χ0) is 21.7. The van der Waals surface area contributed by atoms with Crippen LogP contribution in [0, 0.1) is 0 Å². The molecule has 30 heavy (non-hydrogen) atoms. The van der Waals surface area contributed by atoms with Gasteiger partial charge in [0, 0.05) is 45.1 Å². The van der Waals surface area contributed by atoms with E-state index in [4.69, 9.17) is 32.7 Å². The van der Waals surface area contributed by atoms with Gasteiger partial charge in [0.25, 0.3) is 5.56 Å². The summed E-state index contributed by atoms with van der Waals surface area (Å²) >= 11 is 12.5. The summed E-state index contributed by atoms with van der Waals surface area (Å²) in [5, 5.41) is 0.952. The Balaban J connectivity index is 2.11. The number of aryl methyl sites for hydroxylation is 1. The fraction of sp³-hybridized carbons (Fsp3) is 0.316. The number of aromatic nitrogens is 5. The molecule has 0 saturated heterocycles. The van der Waals surface area contributed by atoms with Crippen molar-refractivity contribution < 1.29 is 9.47 Å². The number of benzene rings is 1. The minimum absolute atomic E-state index is 0.273. The lowest BCUT2D eigenvalue weighted by molar-refractivity contribution is -0.110. The third-order valence-electron chi connectivity index (χ3n) is 5.12. The van der Waals surface area contributed by atoms with Gasteiger partial charge in [0.1, 0.15) is 0 Å². The van der Waals surface area contributed by atoms with E-state index in [2.05, 4.69) is 4.98 Å². The summed E-state index contributed by atoms with van der Waals surface area (Å²) in [4.78, 5) is 29.8. The van der Waals surface area contributed by atoms with Crippen molar-refractivity contribution in [3.63, 3.8) is 0 Å². The van der Waals surface area contributed by atoms with E-state index in [1.54, 1.807) is 35.8 Å². The molecule has 0 aliphatic carbocycles. The minimum atomic E-state index is -0.572. The maximum atomic E-state index is 12.9. The molecule has 0 aliphatic heterocycles. The van der Waals surface area contributed by atoms with E-state index in [-0.39, 0.29) is 17.7 Å². The fourth-order valence-corrected chi connectivity index (χ4v) is 4.01. The van der Waals surface area contributed by atoms with Crippen LogP contribution < -0.4 is 11.2 Å². The van der Waals surface area contributed by atoms with Gasteiger partial charge in [-0.1, -0.05) is 23.2 Å². The monoisotopic (exact) mass is 451 g/mol. The smallest absolute Gasteiger partial charge is 0.332 e. The summed E-state index contributed by atoms with van der Waals surface area (Å²) in [5.41, 5.74) is 1.07. The second kappa shape index (κ2) is 7.59. The van der Waals surface area contributed by atoms with Crippen LogP contribution in [0.2, 0.25) is 10.0 Å². The first kappa shape index (κ1) is 20.7. The lowest BCUT2D eigenvalue weighted by atomic mass is 10.1. The molecule has 0 spiro atoms. The molecule has 3 heterocycles. The Morgan fingerprint density at radius 1 is 1.10 bits per heavy atom. The van der Waals surface area contributed by atoms with Crippen molar-refractivity contribution in [1.29, 1.82) is 0 Å². The maximum Gasteiger partial charge on any atom is 0.332 e. The van der Waals surface area contributed by atoms with Gasteiger partial charge < -0.3 is 14.0 Å². The lowest BCUT2D eigenvalue weighted by Crippen LogP contribution is -2.37. The molecule has 3 aromatic heterocycles. The number of halogens is 2. The molecule has 158 valence electrons. The fourth-order valence-electron chi connectivity index (χ4n) is 3.50. The van der Waals surface area contributed by atoms with Gasteiger partial charge in [0.05, 0.1) is 17.3 Å². The number of rotatable bonds is 5. The third-order valence-corrected chi connectivity index (χ3v) is 5.67. The standard InChI is InChI=1S/C19H19Cl2N5O4/c1-23-16-15(17(27)24(2)19(23)28)26-8-13(11-6-5-10(20)7-12(11)21)25(18(26)22-16)9-14(29-3)30-4/h5-8,14H,9H2,1-4H3. The van der Waals surface area contributed by atoms with E-state index in [1.165, 1.54) is 25.8 Å². The molecule has 9 nitrogen and oxygen atoms in total. The highest BCUT2D eigenvalue weighted by molar-refractivity contribution is 6.36. The van der Waals surface area contributed by atoms with E-state index in [1.807, 2.05) is 4.57 Å². The van der Waals surface area contributed by atoms with Crippen molar-refractivity contribution >= 4 is 40.1 Å². The van der Waals surface area contributed by atoms with Crippen LogP contribution in [0.3, 0.4) is 0 Å². The van der Waals surface area contributed by atoms with Crippen molar-refractivity contribution in [2.45, 2.75) is 12.8 Å². The van der Waals surface area contributed by atoms with Gasteiger partial charge in [0.2, 0.25) is 5.78 Å². The first-order valence-electron chi connectivity index (χ1n) is 8.96. The molecule has 0 N–H and O–H groups in total. The lowest BCUT2D eigenvalue weighted by Gasteiger charge is -2.16. The third kappa shape index (κ3) is 3.05. The summed E-state index contributed by atoms with van der Waals surface area (Å²) in [7, 11) is 6.07. The average molecular weight is 452 g/mol. The molecule has 0 aliphatic rings. The van der Waals surface area contributed by atoms with Gasteiger partial charge in [-0.2, -0.15) is 4.98 Å². The number of hydrogen-bond donors (Lipinski definition) is 0. The summed E-state index contributed by atoms with van der Waals surface area (Å²) < 4.78 is 16.6. The second-order valence-corrected chi connectivity index (χ2v) is 7.65. The highest BCUT2D eigenvalue weighted by atomic mass is 35.5. The number of fused-ring (bicyclic) bond motifs is 3. The Kier molecular flexibility index (Phi) is 5.23. The molecule has 0 saturated carbocycles. The molecular formula is C19H19Cl2N5O4. The first-order chi connectivity index (χ1) is 14.3. The molecule has 0 fully saturated rings. The van der Waals surface area contributed by atoms with E-state index in [9.17, 15) is 9.59 Å². The first-order valence-corrected chi connectivity index (χ1v) is 9.72. The van der Waals surface area contributed by atoms with Crippen molar-refractivity contribution in [2.24, 2.45) is 14.1 Å². The van der Waals surface area contributed by atoms with Crippen molar-refractivity contribution in [3.8, 4) is 11.3 Å². The van der Waals surface area contributed by atoms with E-state index in [0.29, 0.717) is 27.1 Å². The summed E-state index contributed by atoms with van der Waals surface area (Å²) in [6, 6.07) is 5.16. The zero-order valence-electron chi connectivity index (χ0n) is 16.7. The van der Waals surface area contributed by atoms with Crippen molar-refractivity contribution in [3.05, 3.63) is 55.3 Å². The Hall–Kier alpha value is -2.59. The normalized spacial score (nSPS) is 12.0. The largest absolute Gasteiger partial charge is 0.354 e. The van der Waals surface area contributed by atoms with Crippen LogP contribution in [0.5, 0.6) is 0 Å². The van der Waals surface area contributed by atoms with Crippen molar-refractivity contribution in [1.82, 2.24) is 23.1 Å². The van der Waals surface area contributed by atoms with Crippen molar-refractivity contribution in [2.75, 3.05) is 14.2 Å². The van der Waals surface area contributed by atoms with Gasteiger partial charge >= 0.3 is 5.69 Å². The molecule has 0 amide bonds. The van der Waals surface area contributed by atoms with Crippen LogP contribution in [0.25, 0.3) is 28.2 Å². The summed E-state index contributed by atoms with van der Waals surface area (Å²) in [6.07, 6.45) is 1.19. The van der Waals surface area contributed by atoms with Crippen LogP contribution in [-0.2, 0) is 30.1 Å². The minimum Gasteiger partial charge on any atom is -0.354 e. The Morgan fingerprint density at radius 2 is 1.80 bits per heavy atom. The number of methoxy groups -OCH3 is 2. The Labute approximate surface area is 180 Å². The van der Waals surface area contributed by atoms with Crippen LogP contribution in [-0.4, -0.2) is 43.6 Å². The van der Waals surface area contributed by atoms with Crippen LogP contribution in [0.15, 0.2) is 34.0 Å². The molecule has 4 rings (SSSR count). The number of ether oxygens (including phenoxy) is 2. The van der Waals surface area contributed by atoms with Gasteiger partial charge in [-0.3, -0.25) is 18.3 Å². The molecule has 1 aromatic carbocycles. The van der Waals surface area contributed by atoms with Gasteiger partial charge in [-0.05, 0) is 18.2 Å². The molecular weight excluding hydrogens is 433 g/mol. The molecule has 4 aromatic rings. The summed E-state index contributed by atoms with van der Waals surface area (Å²) in [6.45, 7) is 0.273. The van der Waals surface area contributed by atoms with E-state index >= 15 is 0 Å². The van der Waals surface area contributed by atoms with Gasteiger partial charge in [-0.25, -0.2) is 4.79 Å². The topological polar surface area (TPSA) is 84.7 Å². The van der Waals surface area contributed by atoms with Crippen LogP contribution in [0.1, 0.15) is 0 Å². The predicted molar refractivity (Wildman–Crippen MR) is 114 cm³/mol. The van der Waals surface area contributed by atoms with Crippen LogP contribution in [0.4, 0.5) is 0 Å². The van der Waals surface area contributed by atoms with Gasteiger partial charge in [-0.15, -0.1) is 0 Å². The predicted octanol–water partition coefficient (Wildman–Crippen LogP) is 2.28. The number of nitrogens with zero attached hydrogens (tertiary/aromatic N) is 5. The zero-order valence-corrected chi connectivity index (χ0v) is 18.2. The average Bonchev–Trinajstić information content (AvgIpc) is 3.25. The Bertz CT molecular complexity index is 1390. The number of imidazole rings is 2. The number of hydrogen-bond acceptors (Lipinski definition) is 5. The molecule has 11 heteroatoms. The second-order valence-electron chi connectivity index (χ2n) is 6.81.